The summed E-state index contributed by atoms with van der Waals surface area (Å²) in [4.78, 5) is 4.21. The van der Waals surface area contributed by atoms with Gasteiger partial charge in [0.25, 0.3) is 0 Å². The molecule has 0 radical (unpaired) electrons. The molecule has 0 aliphatic heterocycles. The van der Waals surface area contributed by atoms with Crippen LogP contribution in [0.3, 0.4) is 0 Å². The van der Waals surface area contributed by atoms with Crippen LogP contribution >= 0.6 is 0 Å². The summed E-state index contributed by atoms with van der Waals surface area (Å²) in [6.45, 7) is 2.01. The molecule has 86 valence electrons. The smallest absolute Gasteiger partial charge is 0.173 e. The van der Waals surface area contributed by atoms with Crippen molar-refractivity contribution in [1.82, 2.24) is 14.6 Å². The number of nitrogens with zero attached hydrogens (tertiary/aromatic N) is 4. The van der Waals surface area contributed by atoms with E-state index in [1.54, 1.807) is 23.0 Å². The largest absolute Gasteiger partial charge is 0.236 e. The normalized spacial score (nSPS) is 10.4. The summed E-state index contributed by atoms with van der Waals surface area (Å²) in [5.74, 6) is 0. The number of nitriles is 1. The van der Waals surface area contributed by atoms with E-state index in [2.05, 4.69) is 16.2 Å². The molecule has 0 atom stereocenters. The second kappa shape index (κ2) is 3.97. The van der Waals surface area contributed by atoms with Crippen LogP contribution in [0, 0.1) is 18.3 Å². The van der Waals surface area contributed by atoms with Gasteiger partial charge in [0.15, 0.2) is 5.65 Å². The molecule has 4 heteroatoms. The molecule has 0 unspecified atom stereocenters. The quantitative estimate of drug-likeness (QED) is 0.650. The highest BCUT2D eigenvalue weighted by Gasteiger charge is 2.15. The van der Waals surface area contributed by atoms with Gasteiger partial charge in [0.2, 0.25) is 0 Å². The third kappa shape index (κ3) is 1.45. The molecule has 0 saturated heterocycles. The Morgan fingerprint density at radius 1 is 1.22 bits per heavy atom. The van der Waals surface area contributed by atoms with Crippen molar-refractivity contribution in [2.24, 2.45) is 0 Å². The molecule has 18 heavy (non-hydrogen) atoms. The highest BCUT2D eigenvalue weighted by Crippen LogP contribution is 2.26. The number of hydrogen-bond donors (Lipinski definition) is 0. The first kappa shape index (κ1) is 10.5. The average Bonchev–Trinajstić information content (AvgIpc) is 2.77. The molecule has 3 aromatic rings. The van der Waals surface area contributed by atoms with Crippen LogP contribution in [0.25, 0.3) is 16.9 Å². The molecule has 0 bridgehead atoms. The van der Waals surface area contributed by atoms with Gasteiger partial charge in [0.1, 0.15) is 17.3 Å². The van der Waals surface area contributed by atoms with Gasteiger partial charge in [-0.3, -0.25) is 0 Å². The van der Waals surface area contributed by atoms with Crippen molar-refractivity contribution in [3.05, 3.63) is 53.9 Å². The molecule has 1 aromatic carbocycles. The Bertz CT molecular complexity index is 765. The Balaban J connectivity index is 2.37. The Labute approximate surface area is 104 Å². The number of aryl methyl sites for hydroxylation is 1. The van der Waals surface area contributed by atoms with E-state index in [0.29, 0.717) is 16.9 Å². The first-order valence-electron chi connectivity index (χ1n) is 5.60. The lowest BCUT2D eigenvalue weighted by Crippen LogP contribution is -1.88. The van der Waals surface area contributed by atoms with Crippen molar-refractivity contribution in [2.45, 2.75) is 6.92 Å². The van der Waals surface area contributed by atoms with Crippen LogP contribution in [-0.4, -0.2) is 14.6 Å². The zero-order valence-electron chi connectivity index (χ0n) is 9.83. The summed E-state index contributed by atoms with van der Waals surface area (Å²) in [6, 6.07) is 11.9. The second-order valence-electron chi connectivity index (χ2n) is 4.04. The van der Waals surface area contributed by atoms with Gasteiger partial charge in [-0.2, -0.15) is 10.4 Å². The zero-order valence-corrected chi connectivity index (χ0v) is 9.83. The van der Waals surface area contributed by atoms with E-state index < -0.39 is 0 Å². The monoisotopic (exact) mass is 234 g/mol. The summed E-state index contributed by atoms with van der Waals surface area (Å²) in [5.41, 5.74) is 3.87. The number of aromatic nitrogens is 3. The van der Waals surface area contributed by atoms with Gasteiger partial charge in [0.05, 0.1) is 0 Å². The van der Waals surface area contributed by atoms with E-state index in [9.17, 15) is 5.26 Å². The third-order valence-corrected chi connectivity index (χ3v) is 2.91. The summed E-state index contributed by atoms with van der Waals surface area (Å²) >= 11 is 0. The minimum Gasteiger partial charge on any atom is -0.236 e. The molecular formula is C14H10N4. The van der Waals surface area contributed by atoms with Crippen LogP contribution < -0.4 is 0 Å². The fraction of sp³-hybridized carbons (Fsp3) is 0.0714. The van der Waals surface area contributed by atoms with E-state index >= 15 is 0 Å². The highest BCUT2D eigenvalue weighted by atomic mass is 15.2. The molecule has 0 N–H and O–H groups in total. The lowest BCUT2D eigenvalue weighted by Gasteiger charge is -2.01. The molecular weight excluding hydrogens is 224 g/mol. The van der Waals surface area contributed by atoms with E-state index in [-0.39, 0.29) is 0 Å². The van der Waals surface area contributed by atoms with Crippen molar-refractivity contribution in [1.29, 1.82) is 5.26 Å². The Hall–Kier alpha value is -2.67. The summed E-state index contributed by atoms with van der Waals surface area (Å²) in [6.07, 6.45) is 3.46. The maximum atomic E-state index is 9.31. The first-order valence-corrected chi connectivity index (χ1v) is 5.60. The zero-order chi connectivity index (χ0) is 12.5. The fourth-order valence-corrected chi connectivity index (χ4v) is 2.02. The summed E-state index contributed by atoms with van der Waals surface area (Å²) in [7, 11) is 0. The molecule has 3 rings (SSSR count). The maximum Gasteiger partial charge on any atom is 0.173 e. The first-order chi connectivity index (χ1) is 8.81. The van der Waals surface area contributed by atoms with Gasteiger partial charge in [-0.05, 0) is 18.6 Å². The van der Waals surface area contributed by atoms with Crippen molar-refractivity contribution in [2.75, 3.05) is 0 Å². The molecule has 0 spiro atoms. The van der Waals surface area contributed by atoms with Crippen LogP contribution in [0.5, 0.6) is 0 Å². The predicted molar refractivity (Wildman–Crippen MR) is 67.9 cm³/mol. The number of fused-ring (bicyclic) bond motifs is 1. The number of hydrogen-bond acceptors (Lipinski definition) is 3. The minimum atomic E-state index is 0.518. The van der Waals surface area contributed by atoms with Gasteiger partial charge in [0, 0.05) is 18.0 Å². The molecule has 0 amide bonds. The van der Waals surface area contributed by atoms with Gasteiger partial charge in [-0.25, -0.2) is 9.50 Å². The topological polar surface area (TPSA) is 54.0 Å². The van der Waals surface area contributed by atoms with Gasteiger partial charge in [-0.1, -0.05) is 24.3 Å². The average molecular weight is 234 g/mol. The van der Waals surface area contributed by atoms with Crippen molar-refractivity contribution in [3.8, 4) is 17.3 Å². The highest BCUT2D eigenvalue weighted by molar-refractivity contribution is 5.76. The lowest BCUT2D eigenvalue weighted by molar-refractivity contribution is 0.942. The SMILES string of the molecule is Cc1ccccc1-c1nn2cccnc2c1C#N. The van der Waals surface area contributed by atoms with E-state index in [1.807, 2.05) is 31.2 Å². The van der Waals surface area contributed by atoms with E-state index in [4.69, 9.17) is 0 Å². The Morgan fingerprint density at radius 2 is 2.06 bits per heavy atom. The second-order valence-corrected chi connectivity index (χ2v) is 4.04. The third-order valence-electron chi connectivity index (χ3n) is 2.91. The van der Waals surface area contributed by atoms with Crippen molar-refractivity contribution < 1.29 is 0 Å². The van der Waals surface area contributed by atoms with Gasteiger partial charge in [-0.15, -0.1) is 0 Å². The molecule has 4 nitrogen and oxygen atoms in total. The summed E-state index contributed by atoms with van der Waals surface area (Å²) in [5, 5.41) is 13.8. The van der Waals surface area contributed by atoms with Gasteiger partial charge < -0.3 is 0 Å². The van der Waals surface area contributed by atoms with Crippen LogP contribution in [0.15, 0.2) is 42.7 Å². The molecule has 2 heterocycles. The minimum absolute atomic E-state index is 0.518. The van der Waals surface area contributed by atoms with Gasteiger partial charge >= 0.3 is 0 Å². The lowest BCUT2D eigenvalue weighted by atomic mass is 10.0. The van der Waals surface area contributed by atoms with Crippen LogP contribution in [0.4, 0.5) is 0 Å². The van der Waals surface area contributed by atoms with E-state index in [1.165, 1.54) is 0 Å². The molecule has 0 aliphatic carbocycles. The predicted octanol–water partition coefficient (Wildman–Crippen LogP) is 2.58. The summed E-state index contributed by atoms with van der Waals surface area (Å²) < 4.78 is 1.64. The van der Waals surface area contributed by atoms with Crippen LogP contribution in [0.1, 0.15) is 11.1 Å². The molecule has 2 aromatic heterocycles. The molecule has 0 saturated carbocycles. The van der Waals surface area contributed by atoms with Crippen molar-refractivity contribution in [3.63, 3.8) is 0 Å². The number of rotatable bonds is 1. The molecule has 0 fully saturated rings. The van der Waals surface area contributed by atoms with Crippen LogP contribution in [-0.2, 0) is 0 Å². The Kier molecular flexibility index (Phi) is 2.31. The fourth-order valence-electron chi connectivity index (χ4n) is 2.02. The standard InChI is InChI=1S/C14H10N4/c1-10-5-2-3-6-11(10)13-12(9-15)14-16-7-4-8-18(14)17-13/h2-8H,1H3. The van der Waals surface area contributed by atoms with E-state index in [0.717, 1.165) is 11.1 Å². The Morgan fingerprint density at radius 3 is 2.83 bits per heavy atom. The van der Waals surface area contributed by atoms with Crippen molar-refractivity contribution >= 4 is 5.65 Å². The number of benzene rings is 1. The maximum absolute atomic E-state index is 9.31. The van der Waals surface area contributed by atoms with Crippen LogP contribution in [0.2, 0.25) is 0 Å². The molecule has 0 aliphatic rings.